The summed E-state index contributed by atoms with van der Waals surface area (Å²) in [6, 6.07) is 0. The Morgan fingerprint density at radius 1 is 0.952 bits per heavy atom. The van der Waals surface area contributed by atoms with Crippen LogP contribution in [0.2, 0.25) is 0 Å². The van der Waals surface area contributed by atoms with Crippen LogP contribution >= 0.6 is 0 Å². The van der Waals surface area contributed by atoms with Gasteiger partial charge < -0.3 is 9.30 Å². The van der Waals surface area contributed by atoms with Gasteiger partial charge in [-0.2, -0.15) is 0 Å². The minimum atomic E-state index is 0.421. The molecule has 1 aromatic heterocycles. The van der Waals surface area contributed by atoms with Crippen LogP contribution in [-0.2, 0) is 11.3 Å². The van der Waals surface area contributed by atoms with Crippen molar-refractivity contribution in [3.63, 3.8) is 0 Å². The van der Waals surface area contributed by atoms with Gasteiger partial charge in [0.1, 0.15) is 0 Å². The molecule has 21 heavy (non-hydrogen) atoms. The summed E-state index contributed by atoms with van der Waals surface area (Å²) in [5, 5.41) is 0. The first kappa shape index (κ1) is 18.2. The van der Waals surface area contributed by atoms with Crippen molar-refractivity contribution in [2.75, 3.05) is 6.61 Å². The van der Waals surface area contributed by atoms with Crippen LogP contribution in [-0.4, -0.2) is 22.3 Å². The Balaban J connectivity index is 2.16. The van der Waals surface area contributed by atoms with E-state index in [0.717, 1.165) is 19.6 Å². The van der Waals surface area contributed by atoms with E-state index in [0.29, 0.717) is 6.10 Å². The number of aryl methyl sites for hydroxylation is 1. The number of imidazole rings is 1. The van der Waals surface area contributed by atoms with E-state index in [1.54, 1.807) is 0 Å². The van der Waals surface area contributed by atoms with E-state index in [9.17, 15) is 0 Å². The van der Waals surface area contributed by atoms with Gasteiger partial charge in [0, 0.05) is 25.5 Å². The van der Waals surface area contributed by atoms with Gasteiger partial charge >= 0.3 is 0 Å². The summed E-state index contributed by atoms with van der Waals surface area (Å²) in [5.74, 6) is 0. The van der Waals surface area contributed by atoms with Crippen molar-refractivity contribution < 1.29 is 4.74 Å². The number of aromatic nitrogens is 2. The van der Waals surface area contributed by atoms with E-state index in [2.05, 4.69) is 23.4 Å². The normalized spacial score (nSPS) is 12.7. The van der Waals surface area contributed by atoms with Crippen molar-refractivity contribution in [3.8, 4) is 0 Å². The maximum Gasteiger partial charge on any atom is 0.0945 e. The number of unbranched alkanes of at least 4 members (excludes halogenated alkanes) is 6. The SMILES string of the molecule is CCCCCCCOC(CCCCC)CCn1ccnc1. The lowest BCUT2D eigenvalue weighted by molar-refractivity contribution is 0.0347. The van der Waals surface area contributed by atoms with Crippen molar-refractivity contribution in [1.29, 1.82) is 0 Å². The minimum absolute atomic E-state index is 0.421. The highest BCUT2D eigenvalue weighted by Crippen LogP contribution is 2.13. The summed E-state index contributed by atoms with van der Waals surface area (Å²) in [6.07, 6.45) is 19.0. The molecule has 0 aliphatic heterocycles. The molecule has 3 heteroatoms. The molecule has 0 N–H and O–H groups in total. The van der Waals surface area contributed by atoms with Crippen LogP contribution in [0.25, 0.3) is 0 Å². The molecule has 1 rings (SSSR count). The fraction of sp³-hybridized carbons (Fsp3) is 0.833. The third-order valence-electron chi connectivity index (χ3n) is 4.00. The van der Waals surface area contributed by atoms with Crippen LogP contribution in [0.15, 0.2) is 18.7 Å². The van der Waals surface area contributed by atoms with Crippen molar-refractivity contribution in [1.82, 2.24) is 9.55 Å². The van der Waals surface area contributed by atoms with Gasteiger partial charge in [0.25, 0.3) is 0 Å². The highest BCUT2D eigenvalue weighted by Gasteiger charge is 2.09. The lowest BCUT2D eigenvalue weighted by atomic mass is 10.1. The summed E-state index contributed by atoms with van der Waals surface area (Å²) in [7, 11) is 0. The summed E-state index contributed by atoms with van der Waals surface area (Å²) < 4.78 is 8.28. The molecule has 1 unspecified atom stereocenters. The van der Waals surface area contributed by atoms with E-state index in [4.69, 9.17) is 4.74 Å². The van der Waals surface area contributed by atoms with Crippen LogP contribution in [0.4, 0.5) is 0 Å². The number of hydrogen-bond acceptors (Lipinski definition) is 2. The van der Waals surface area contributed by atoms with Gasteiger partial charge in [-0.15, -0.1) is 0 Å². The first-order chi connectivity index (χ1) is 10.4. The van der Waals surface area contributed by atoms with Crippen molar-refractivity contribution in [2.24, 2.45) is 0 Å². The monoisotopic (exact) mass is 294 g/mol. The van der Waals surface area contributed by atoms with Crippen molar-refractivity contribution in [2.45, 2.75) is 90.7 Å². The summed E-state index contributed by atoms with van der Waals surface area (Å²) in [5.41, 5.74) is 0. The average Bonchev–Trinajstić information content (AvgIpc) is 3.01. The maximum atomic E-state index is 6.13. The Morgan fingerprint density at radius 2 is 1.71 bits per heavy atom. The molecule has 3 nitrogen and oxygen atoms in total. The molecule has 1 atom stereocenters. The Morgan fingerprint density at radius 3 is 2.43 bits per heavy atom. The molecule has 0 saturated carbocycles. The third kappa shape index (κ3) is 9.67. The second-order valence-corrected chi connectivity index (χ2v) is 5.99. The van der Waals surface area contributed by atoms with Gasteiger partial charge in [-0.05, 0) is 19.3 Å². The predicted octanol–water partition coefficient (Wildman–Crippen LogP) is 5.21. The molecule has 0 aliphatic carbocycles. The Labute approximate surface area is 131 Å². The van der Waals surface area contributed by atoms with Gasteiger partial charge in [-0.25, -0.2) is 4.98 Å². The van der Waals surface area contributed by atoms with Crippen LogP contribution in [0, 0.1) is 0 Å². The molecule has 1 aromatic rings. The first-order valence-electron chi connectivity index (χ1n) is 8.94. The minimum Gasteiger partial charge on any atom is -0.378 e. The van der Waals surface area contributed by atoms with E-state index in [-0.39, 0.29) is 0 Å². The van der Waals surface area contributed by atoms with Crippen molar-refractivity contribution >= 4 is 0 Å². The van der Waals surface area contributed by atoms with Gasteiger partial charge in [0.15, 0.2) is 0 Å². The Hall–Kier alpha value is -0.830. The lowest BCUT2D eigenvalue weighted by Crippen LogP contribution is -2.16. The summed E-state index contributed by atoms with van der Waals surface area (Å²) >= 11 is 0. The first-order valence-corrected chi connectivity index (χ1v) is 8.94. The molecule has 122 valence electrons. The average molecular weight is 294 g/mol. The fourth-order valence-corrected chi connectivity index (χ4v) is 2.60. The van der Waals surface area contributed by atoms with E-state index < -0.39 is 0 Å². The van der Waals surface area contributed by atoms with Crippen LogP contribution in [0.1, 0.15) is 78.1 Å². The molecule has 0 saturated heterocycles. The van der Waals surface area contributed by atoms with Gasteiger partial charge in [0.2, 0.25) is 0 Å². The number of hydrogen-bond donors (Lipinski definition) is 0. The molecule has 0 bridgehead atoms. The quantitative estimate of drug-likeness (QED) is 0.440. The predicted molar refractivity (Wildman–Crippen MR) is 89.5 cm³/mol. The fourth-order valence-electron chi connectivity index (χ4n) is 2.60. The lowest BCUT2D eigenvalue weighted by Gasteiger charge is -2.18. The number of rotatable bonds is 14. The molecular formula is C18H34N2O. The molecule has 0 radical (unpaired) electrons. The summed E-state index contributed by atoms with van der Waals surface area (Å²) in [4.78, 5) is 4.10. The third-order valence-corrected chi connectivity index (χ3v) is 4.00. The van der Waals surface area contributed by atoms with E-state index in [1.807, 2.05) is 18.7 Å². The zero-order valence-corrected chi connectivity index (χ0v) is 14.1. The Bertz CT molecular complexity index is 311. The van der Waals surface area contributed by atoms with E-state index in [1.165, 1.54) is 57.8 Å². The molecule has 0 aliphatic rings. The molecular weight excluding hydrogens is 260 g/mol. The van der Waals surface area contributed by atoms with Crippen molar-refractivity contribution in [3.05, 3.63) is 18.7 Å². The largest absolute Gasteiger partial charge is 0.378 e. The highest BCUT2D eigenvalue weighted by atomic mass is 16.5. The van der Waals surface area contributed by atoms with E-state index >= 15 is 0 Å². The second kappa shape index (κ2) is 12.9. The van der Waals surface area contributed by atoms with Gasteiger partial charge in [-0.1, -0.05) is 58.8 Å². The smallest absolute Gasteiger partial charge is 0.0945 e. The molecule has 1 heterocycles. The highest BCUT2D eigenvalue weighted by molar-refractivity contribution is 4.74. The number of ether oxygens (including phenoxy) is 1. The molecule has 0 aromatic carbocycles. The standard InChI is InChI=1S/C18H34N2O/c1-3-5-7-8-10-16-21-18(11-9-6-4-2)12-14-20-15-13-19-17-20/h13,15,17-18H,3-12,14,16H2,1-2H3. The van der Waals surface area contributed by atoms with Gasteiger partial charge in [0.05, 0.1) is 12.4 Å². The topological polar surface area (TPSA) is 27.1 Å². The zero-order chi connectivity index (χ0) is 15.2. The Kier molecular flexibility index (Phi) is 11.2. The summed E-state index contributed by atoms with van der Waals surface area (Å²) in [6.45, 7) is 6.47. The second-order valence-electron chi connectivity index (χ2n) is 5.99. The van der Waals surface area contributed by atoms with Gasteiger partial charge in [-0.3, -0.25) is 0 Å². The van der Waals surface area contributed by atoms with Crippen LogP contribution in [0.5, 0.6) is 0 Å². The number of nitrogens with zero attached hydrogens (tertiary/aromatic N) is 2. The van der Waals surface area contributed by atoms with Crippen LogP contribution < -0.4 is 0 Å². The molecule has 0 spiro atoms. The molecule has 0 amide bonds. The maximum absolute atomic E-state index is 6.13. The molecule has 0 fully saturated rings. The zero-order valence-electron chi connectivity index (χ0n) is 14.1. The van der Waals surface area contributed by atoms with Crippen LogP contribution in [0.3, 0.4) is 0 Å².